The van der Waals surface area contributed by atoms with Crippen molar-refractivity contribution < 1.29 is 24.2 Å². The average Bonchev–Trinajstić information content (AvgIpc) is 3.21. The average molecular weight is 556 g/mol. The van der Waals surface area contributed by atoms with Crippen molar-refractivity contribution in [1.82, 2.24) is 0 Å². The van der Waals surface area contributed by atoms with Crippen LogP contribution in [0.4, 0.5) is 5.69 Å². The minimum absolute atomic E-state index is 0.00420. The van der Waals surface area contributed by atoms with E-state index in [-0.39, 0.29) is 22.9 Å². The van der Waals surface area contributed by atoms with Crippen molar-refractivity contribution in [3.8, 4) is 11.5 Å². The zero-order valence-corrected chi connectivity index (χ0v) is 24.9. The molecule has 0 radical (unpaired) electrons. The van der Waals surface area contributed by atoms with E-state index in [4.69, 9.17) is 9.47 Å². The standard InChI is InChI=1S/C35H41NO5/c1-7-8-9-22-40-28-18-12-25(13-19-28)32(37)30-31(24-10-14-26(15-11-24)35(4,5)6)36(34(39)33(30)38)27-16-20-29(21-17-27)41-23(2)3/h10-21,23,31,37H,7-9,22H2,1-6H3/b32-30-. The zero-order valence-electron chi connectivity index (χ0n) is 24.9. The molecule has 1 heterocycles. The summed E-state index contributed by atoms with van der Waals surface area (Å²) in [5.41, 5.74) is 2.84. The van der Waals surface area contributed by atoms with Crippen LogP contribution in [-0.2, 0) is 15.0 Å². The summed E-state index contributed by atoms with van der Waals surface area (Å²) in [5, 5.41) is 11.5. The number of ether oxygens (including phenoxy) is 2. The third-order valence-electron chi connectivity index (χ3n) is 7.17. The predicted molar refractivity (Wildman–Crippen MR) is 164 cm³/mol. The summed E-state index contributed by atoms with van der Waals surface area (Å²) in [5.74, 6) is -0.271. The van der Waals surface area contributed by atoms with E-state index < -0.39 is 17.7 Å². The minimum Gasteiger partial charge on any atom is -0.507 e. The van der Waals surface area contributed by atoms with Gasteiger partial charge in [0.05, 0.1) is 24.3 Å². The van der Waals surface area contributed by atoms with Gasteiger partial charge in [0.2, 0.25) is 0 Å². The van der Waals surface area contributed by atoms with Gasteiger partial charge < -0.3 is 14.6 Å². The van der Waals surface area contributed by atoms with Crippen molar-refractivity contribution in [1.29, 1.82) is 0 Å². The first-order chi connectivity index (χ1) is 19.5. The number of ketones is 1. The summed E-state index contributed by atoms with van der Waals surface area (Å²) in [6.45, 7) is 13.0. The van der Waals surface area contributed by atoms with Gasteiger partial charge in [0.1, 0.15) is 17.3 Å². The smallest absolute Gasteiger partial charge is 0.300 e. The molecule has 1 aliphatic rings. The maximum atomic E-state index is 13.5. The number of carbonyl (C=O) groups excluding carboxylic acids is 2. The summed E-state index contributed by atoms with van der Waals surface area (Å²) >= 11 is 0. The van der Waals surface area contributed by atoms with Gasteiger partial charge in [0.25, 0.3) is 11.7 Å². The fourth-order valence-electron chi connectivity index (χ4n) is 4.94. The predicted octanol–water partition coefficient (Wildman–Crippen LogP) is 7.97. The minimum atomic E-state index is -0.800. The first-order valence-corrected chi connectivity index (χ1v) is 14.4. The van der Waals surface area contributed by atoms with Crippen molar-refractivity contribution in [2.45, 2.75) is 78.4 Å². The van der Waals surface area contributed by atoms with Gasteiger partial charge in [0.15, 0.2) is 0 Å². The molecule has 6 heteroatoms. The number of hydrogen-bond donors (Lipinski definition) is 1. The summed E-state index contributed by atoms with van der Waals surface area (Å²) in [7, 11) is 0. The summed E-state index contributed by atoms with van der Waals surface area (Å²) in [6.07, 6.45) is 3.19. The van der Waals surface area contributed by atoms with Crippen LogP contribution in [0.2, 0.25) is 0 Å². The van der Waals surface area contributed by atoms with Crippen molar-refractivity contribution in [2.75, 3.05) is 11.5 Å². The lowest BCUT2D eigenvalue weighted by atomic mass is 9.85. The number of benzene rings is 3. The first kappa shape index (κ1) is 29.9. The maximum absolute atomic E-state index is 13.5. The van der Waals surface area contributed by atoms with E-state index in [1.54, 1.807) is 48.5 Å². The molecule has 0 aliphatic carbocycles. The van der Waals surface area contributed by atoms with Gasteiger partial charge in [-0.25, -0.2) is 0 Å². The van der Waals surface area contributed by atoms with Crippen LogP contribution < -0.4 is 14.4 Å². The number of hydrogen-bond acceptors (Lipinski definition) is 5. The van der Waals surface area contributed by atoms with Gasteiger partial charge in [-0.3, -0.25) is 14.5 Å². The van der Waals surface area contributed by atoms with E-state index in [2.05, 4.69) is 27.7 Å². The molecule has 0 aromatic heterocycles. The number of anilines is 1. The topological polar surface area (TPSA) is 76.1 Å². The Balaban J connectivity index is 1.76. The number of aliphatic hydroxyl groups excluding tert-OH is 1. The molecule has 1 aliphatic heterocycles. The van der Waals surface area contributed by atoms with E-state index in [1.807, 2.05) is 38.1 Å². The molecule has 6 nitrogen and oxygen atoms in total. The third kappa shape index (κ3) is 6.82. The Morgan fingerprint density at radius 3 is 2.05 bits per heavy atom. The Morgan fingerprint density at radius 2 is 1.49 bits per heavy atom. The van der Waals surface area contributed by atoms with Crippen LogP contribution in [0.1, 0.15) is 83.5 Å². The molecule has 4 rings (SSSR count). The molecule has 1 atom stereocenters. The van der Waals surface area contributed by atoms with E-state index >= 15 is 0 Å². The van der Waals surface area contributed by atoms with Crippen LogP contribution in [-0.4, -0.2) is 29.5 Å². The SMILES string of the molecule is CCCCCOc1ccc(/C(O)=C2/C(=O)C(=O)N(c3ccc(OC(C)C)cc3)C2c2ccc(C(C)(C)C)cc2)cc1. The highest BCUT2D eigenvalue weighted by molar-refractivity contribution is 6.51. The quantitative estimate of drug-likeness (QED) is 0.119. The molecule has 3 aromatic carbocycles. The number of amides is 1. The molecule has 1 saturated heterocycles. The monoisotopic (exact) mass is 555 g/mol. The van der Waals surface area contributed by atoms with E-state index in [1.165, 1.54) is 4.90 Å². The number of carbonyl (C=O) groups is 2. The van der Waals surface area contributed by atoms with Gasteiger partial charge in [0, 0.05) is 11.3 Å². The van der Waals surface area contributed by atoms with Gasteiger partial charge in [-0.2, -0.15) is 0 Å². The van der Waals surface area contributed by atoms with E-state index in [0.29, 0.717) is 29.4 Å². The molecule has 0 bridgehead atoms. The lowest BCUT2D eigenvalue weighted by Crippen LogP contribution is -2.29. The largest absolute Gasteiger partial charge is 0.507 e. The molecule has 41 heavy (non-hydrogen) atoms. The molecule has 1 amide bonds. The van der Waals surface area contributed by atoms with Crippen LogP contribution in [0.5, 0.6) is 11.5 Å². The van der Waals surface area contributed by atoms with E-state index in [9.17, 15) is 14.7 Å². The summed E-state index contributed by atoms with van der Waals surface area (Å²) in [6, 6.07) is 21.2. The van der Waals surface area contributed by atoms with Crippen LogP contribution in [0.3, 0.4) is 0 Å². The lowest BCUT2D eigenvalue weighted by Gasteiger charge is -2.27. The van der Waals surface area contributed by atoms with Crippen LogP contribution >= 0.6 is 0 Å². The second-order valence-electron chi connectivity index (χ2n) is 11.8. The third-order valence-corrected chi connectivity index (χ3v) is 7.17. The molecular formula is C35H41NO5. The second kappa shape index (κ2) is 12.6. The normalized spacial score (nSPS) is 16.9. The van der Waals surface area contributed by atoms with Crippen LogP contribution in [0.15, 0.2) is 78.4 Å². The number of rotatable bonds is 10. The van der Waals surface area contributed by atoms with Gasteiger partial charge >= 0.3 is 0 Å². The fourth-order valence-corrected chi connectivity index (χ4v) is 4.94. The number of nitrogens with zero attached hydrogens (tertiary/aromatic N) is 1. The summed E-state index contributed by atoms with van der Waals surface area (Å²) in [4.78, 5) is 28.5. The second-order valence-corrected chi connectivity index (χ2v) is 11.8. The zero-order chi connectivity index (χ0) is 29.7. The Kier molecular flexibility index (Phi) is 9.21. The fraction of sp³-hybridized carbons (Fsp3) is 0.371. The van der Waals surface area contributed by atoms with Gasteiger partial charge in [-0.15, -0.1) is 0 Å². The molecule has 0 spiro atoms. The first-order valence-electron chi connectivity index (χ1n) is 14.4. The molecular weight excluding hydrogens is 514 g/mol. The highest BCUT2D eigenvalue weighted by Gasteiger charge is 2.47. The van der Waals surface area contributed by atoms with Crippen LogP contribution in [0.25, 0.3) is 5.76 Å². The molecule has 216 valence electrons. The van der Waals surface area contributed by atoms with Crippen LogP contribution in [0, 0.1) is 0 Å². The Hall–Kier alpha value is -4.06. The molecule has 3 aromatic rings. The Morgan fingerprint density at radius 1 is 0.878 bits per heavy atom. The highest BCUT2D eigenvalue weighted by Crippen LogP contribution is 2.43. The Bertz CT molecular complexity index is 1380. The maximum Gasteiger partial charge on any atom is 0.300 e. The summed E-state index contributed by atoms with van der Waals surface area (Å²) < 4.78 is 11.6. The molecule has 1 fully saturated rings. The van der Waals surface area contributed by atoms with E-state index in [0.717, 1.165) is 30.4 Å². The Labute approximate surface area is 243 Å². The van der Waals surface area contributed by atoms with Gasteiger partial charge in [-0.1, -0.05) is 64.8 Å². The number of unbranched alkanes of at least 4 members (excludes halogenated alkanes) is 2. The van der Waals surface area contributed by atoms with Crippen molar-refractivity contribution in [2.24, 2.45) is 0 Å². The molecule has 0 saturated carbocycles. The molecule has 1 unspecified atom stereocenters. The van der Waals surface area contributed by atoms with Crippen molar-refractivity contribution in [3.05, 3.63) is 95.1 Å². The number of Topliss-reactive ketones (excluding diaryl/α,β-unsaturated/α-hetero) is 1. The number of aliphatic hydroxyl groups is 1. The van der Waals surface area contributed by atoms with Gasteiger partial charge in [-0.05, 0) is 85.3 Å². The van der Waals surface area contributed by atoms with Crippen molar-refractivity contribution in [3.63, 3.8) is 0 Å². The van der Waals surface area contributed by atoms with Crippen molar-refractivity contribution >= 4 is 23.1 Å². The molecule has 1 N–H and O–H groups in total. The highest BCUT2D eigenvalue weighted by atomic mass is 16.5. The lowest BCUT2D eigenvalue weighted by molar-refractivity contribution is -0.132.